The number of aromatic nitrogens is 4. The van der Waals surface area contributed by atoms with Gasteiger partial charge >= 0.3 is 0 Å². The molecule has 0 saturated carbocycles. The second-order valence-corrected chi connectivity index (χ2v) is 7.41. The maximum absolute atomic E-state index is 5.55. The summed E-state index contributed by atoms with van der Waals surface area (Å²) in [5.41, 5.74) is 9.82. The summed E-state index contributed by atoms with van der Waals surface area (Å²) in [4.78, 5) is 5.92. The van der Waals surface area contributed by atoms with Gasteiger partial charge in [0.2, 0.25) is 0 Å². The Labute approximate surface area is 212 Å². The number of nitrogens with zero attached hydrogens (tertiary/aromatic N) is 10. The Morgan fingerprint density at radius 2 is 1.00 bits per heavy atom. The van der Waals surface area contributed by atoms with E-state index in [1.54, 1.807) is 0 Å². The molecule has 0 radical (unpaired) electrons. The minimum atomic E-state index is 0.261. The van der Waals surface area contributed by atoms with Crippen molar-refractivity contribution in [3.63, 3.8) is 0 Å². The van der Waals surface area contributed by atoms with Crippen LogP contribution in [0.1, 0.15) is 5.82 Å². The second kappa shape index (κ2) is 18.2. The molecule has 0 aliphatic carbocycles. The Morgan fingerprint density at radius 1 is 0.622 bits per heavy atom. The average molecular weight is 530 g/mol. The first-order chi connectivity index (χ1) is 18.0. The third-order valence-corrected chi connectivity index (χ3v) is 5.00. The highest BCUT2D eigenvalue weighted by molar-refractivity contribution is 5.86. The zero-order chi connectivity index (χ0) is 27.5. The van der Waals surface area contributed by atoms with Crippen molar-refractivity contribution in [1.82, 2.24) is 57.0 Å². The number of nitrogens with one attached hydrogen (secondary N) is 5. The van der Waals surface area contributed by atoms with E-state index in [9.17, 15) is 0 Å². The molecular formula is C14H39N23. The molecule has 21 N–H and O–H groups in total. The molecule has 0 saturated heterocycles. The van der Waals surface area contributed by atoms with Gasteiger partial charge in [0.05, 0.1) is 32.7 Å². The third-order valence-electron chi connectivity index (χ3n) is 5.00. The third kappa shape index (κ3) is 11.9. The number of hydrazine groups is 4. The lowest BCUT2D eigenvalue weighted by molar-refractivity contribution is 0.205. The van der Waals surface area contributed by atoms with Crippen molar-refractivity contribution in [2.24, 2.45) is 67.1 Å². The second-order valence-electron chi connectivity index (χ2n) is 7.41. The van der Waals surface area contributed by atoms with Crippen LogP contribution >= 0.6 is 0 Å². The summed E-state index contributed by atoms with van der Waals surface area (Å²) in [6.45, 7) is 3.50. The van der Waals surface area contributed by atoms with Crippen molar-refractivity contribution >= 4 is 23.3 Å². The predicted octanol–water partition coefficient (Wildman–Crippen LogP) is -8.45. The van der Waals surface area contributed by atoms with Crippen LogP contribution in [0.4, 0.5) is 0 Å². The summed E-state index contributed by atoms with van der Waals surface area (Å²) in [5.74, 6) is 45.5. The first-order valence-electron chi connectivity index (χ1n) is 10.8. The fraction of sp³-hybridized carbons (Fsp3) is 0.643. The van der Waals surface area contributed by atoms with E-state index in [0.717, 1.165) is 0 Å². The van der Waals surface area contributed by atoms with Gasteiger partial charge in [-0.15, -0.1) is 10.2 Å². The van der Waals surface area contributed by atoms with Crippen LogP contribution in [-0.4, -0.2) is 111 Å². The van der Waals surface area contributed by atoms with Gasteiger partial charge in [0, 0.05) is 26.2 Å². The molecule has 0 bridgehead atoms. The molecule has 1 rings (SSSR count). The normalized spacial score (nSPS) is 13.5. The Kier molecular flexibility index (Phi) is 15.2. The van der Waals surface area contributed by atoms with Crippen LogP contribution in [0.5, 0.6) is 0 Å². The number of H-pyrrole nitrogens is 1. The monoisotopic (exact) mass is 529 g/mol. The first-order valence-corrected chi connectivity index (χ1v) is 10.8. The number of hydrogen-bond acceptors (Lipinski definition) is 18. The topological polar surface area (TPSA) is 370 Å². The molecule has 0 amide bonds. The SMILES string of the molecule is N/N=C(/CN(CCN(C/C(=N/N)NN)C/C(=N/N)NN)CCN(C/C(=N/N)NN)Cc1nn[nH]n1)NN. The molecule has 1 aromatic rings. The Balaban J connectivity index is 3.01. The van der Waals surface area contributed by atoms with Gasteiger partial charge < -0.3 is 45.1 Å². The van der Waals surface area contributed by atoms with E-state index in [0.29, 0.717) is 75.0 Å². The number of rotatable bonds is 16. The van der Waals surface area contributed by atoms with E-state index in [-0.39, 0.29) is 13.1 Å². The zero-order valence-electron chi connectivity index (χ0n) is 20.5. The molecule has 0 aromatic carbocycles. The maximum Gasteiger partial charge on any atom is 0.188 e. The lowest BCUT2D eigenvalue weighted by Crippen LogP contribution is -2.50. The van der Waals surface area contributed by atoms with Gasteiger partial charge in [-0.25, -0.2) is 23.4 Å². The van der Waals surface area contributed by atoms with Crippen molar-refractivity contribution in [2.45, 2.75) is 6.54 Å². The molecule has 1 heterocycles. The molecule has 23 nitrogen and oxygen atoms in total. The van der Waals surface area contributed by atoms with E-state index in [1.807, 2.05) is 14.7 Å². The quantitative estimate of drug-likeness (QED) is 0.0408. The highest BCUT2D eigenvalue weighted by atomic mass is 15.5. The largest absolute Gasteiger partial charge is 0.321 e. The van der Waals surface area contributed by atoms with Gasteiger partial charge in [-0.2, -0.15) is 25.6 Å². The van der Waals surface area contributed by atoms with E-state index < -0.39 is 0 Å². The van der Waals surface area contributed by atoms with Crippen molar-refractivity contribution in [3.05, 3.63) is 5.82 Å². The Morgan fingerprint density at radius 3 is 1.38 bits per heavy atom. The van der Waals surface area contributed by atoms with Crippen LogP contribution < -0.4 is 68.4 Å². The Bertz CT molecular complexity index is 824. The summed E-state index contributed by atoms with van der Waals surface area (Å²) in [6.07, 6.45) is 0. The van der Waals surface area contributed by atoms with Crippen LogP contribution in [0, 0.1) is 0 Å². The van der Waals surface area contributed by atoms with Crippen molar-refractivity contribution in [1.29, 1.82) is 0 Å². The lowest BCUT2D eigenvalue weighted by Gasteiger charge is -2.30. The molecular weight excluding hydrogens is 490 g/mol. The van der Waals surface area contributed by atoms with Gasteiger partial charge in [0.1, 0.15) is 23.3 Å². The van der Waals surface area contributed by atoms with Gasteiger partial charge in [0.15, 0.2) is 5.82 Å². The maximum atomic E-state index is 5.55. The molecule has 0 atom stereocenters. The van der Waals surface area contributed by atoms with Crippen LogP contribution in [0.15, 0.2) is 20.4 Å². The van der Waals surface area contributed by atoms with Crippen molar-refractivity contribution in [2.75, 3.05) is 52.4 Å². The van der Waals surface area contributed by atoms with Crippen LogP contribution in [0.3, 0.4) is 0 Å². The molecule has 0 spiro atoms. The summed E-state index contributed by atoms with van der Waals surface area (Å²) < 4.78 is 0. The van der Waals surface area contributed by atoms with E-state index in [1.165, 1.54) is 0 Å². The number of amidine groups is 4. The molecule has 0 aliphatic heterocycles. The zero-order valence-corrected chi connectivity index (χ0v) is 20.5. The van der Waals surface area contributed by atoms with Gasteiger partial charge in [-0.3, -0.25) is 14.7 Å². The minimum Gasteiger partial charge on any atom is -0.321 e. The van der Waals surface area contributed by atoms with Crippen LogP contribution in [-0.2, 0) is 6.54 Å². The van der Waals surface area contributed by atoms with Crippen LogP contribution in [0.25, 0.3) is 0 Å². The molecule has 210 valence electrons. The lowest BCUT2D eigenvalue weighted by atomic mass is 10.3. The molecule has 1 aromatic heterocycles. The first kappa shape index (κ1) is 30.9. The molecule has 0 aliphatic rings. The molecule has 0 fully saturated rings. The Hall–Kier alpha value is -4.13. The van der Waals surface area contributed by atoms with E-state index in [4.69, 9.17) is 46.7 Å². The smallest absolute Gasteiger partial charge is 0.188 e. The summed E-state index contributed by atoms with van der Waals surface area (Å²) >= 11 is 0. The van der Waals surface area contributed by atoms with Crippen molar-refractivity contribution in [3.8, 4) is 0 Å². The van der Waals surface area contributed by atoms with Crippen LogP contribution in [0.2, 0.25) is 0 Å². The fourth-order valence-electron chi connectivity index (χ4n) is 3.06. The molecule has 0 unspecified atom stereocenters. The summed E-state index contributed by atoms with van der Waals surface area (Å²) in [5, 5.41) is 28.6. The standard InChI is InChI=1S/C14H39N23/c15-23-10(24-16)5-35(1-3-36(6-11(25-17)26-18)7-12(27-19)28-20)2-4-37(8-13(29-21)30-22)9-14-31-33-34-32-14/h1-9,15-22H2,(H,23,24)(H,25,26)(H,27,28)(H,29,30)(H,31,32,33,34). The highest BCUT2D eigenvalue weighted by Crippen LogP contribution is 2.01. The number of aromatic amines is 1. The van der Waals surface area contributed by atoms with E-state index >= 15 is 0 Å². The summed E-state index contributed by atoms with van der Waals surface area (Å²) in [7, 11) is 0. The van der Waals surface area contributed by atoms with Gasteiger partial charge in [-0.05, 0) is 0 Å². The number of hydrogen-bond donors (Lipinski definition) is 13. The highest BCUT2D eigenvalue weighted by Gasteiger charge is 2.18. The predicted molar refractivity (Wildman–Crippen MR) is 138 cm³/mol. The summed E-state index contributed by atoms with van der Waals surface area (Å²) in [6, 6.07) is 0. The molecule has 23 heteroatoms. The van der Waals surface area contributed by atoms with Gasteiger partial charge in [-0.1, -0.05) is 5.21 Å². The van der Waals surface area contributed by atoms with Gasteiger partial charge in [0.25, 0.3) is 0 Å². The average Bonchev–Trinajstić information content (AvgIpc) is 3.44. The molecule has 37 heavy (non-hydrogen) atoms. The van der Waals surface area contributed by atoms with E-state index in [2.05, 4.69) is 62.7 Å². The number of nitrogens with two attached hydrogens (primary N) is 8. The minimum absolute atomic E-state index is 0.261. The number of tetrazole rings is 1. The van der Waals surface area contributed by atoms with Crippen molar-refractivity contribution < 1.29 is 0 Å². The number of hydrazone groups is 4. The fourth-order valence-corrected chi connectivity index (χ4v) is 3.06.